The van der Waals surface area contributed by atoms with E-state index < -0.39 is 20.7 Å². The van der Waals surface area contributed by atoms with Crippen molar-refractivity contribution in [2.24, 2.45) is 0 Å². The van der Waals surface area contributed by atoms with Crippen molar-refractivity contribution in [1.29, 1.82) is 0 Å². The van der Waals surface area contributed by atoms with Crippen LogP contribution < -0.4 is 14.2 Å². The Bertz CT molecular complexity index is 1560. The zero-order valence-electron chi connectivity index (χ0n) is 19.9. The monoisotopic (exact) mass is 523 g/mol. The summed E-state index contributed by atoms with van der Waals surface area (Å²) in [6, 6.07) is 17.3. The van der Waals surface area contributed by atoms with Crippen LogP contribution in [0.1, 0.15) is 16.1 Å². The maximum atomic E-state index is 13.7. The molecule has 0 spiro atoms. The van der Waals surface area contributed by atoms with Gasteiger partial charge in [0, 0.05) is 18.2 Å². The number of benzene rings is 3. The highest BCUT2D eigenvalue weighted by molar-refractivity contribution is 7.91. The second-order valence-corrected chi connectivity index (χ2v) is 9.60. The van der Waals surface area contributed by atoms with E-state index >= 15 is 0 Å². The Kier molecular flexibility index (Phi) is 6.94. The lowest BCUT2D eigenvalue weighted by molar-refractivity contribution is -0.384. The first kappa shape index (κ1) is 25.4. The third kappa shape index (κ3) is 5.00. The van der Waals surface area contributed by atoms with Gasteiger partial charge >= 0.3 is 5.97 Å². The maximum Gasteiger partial charge on any atom is 0.345 e. The van der Waals surface area contributed by atoms with Gasteiger partial charge in [0.05, 0.1) is 41.0 Å². The van der Waals surface area contributed by atoms with Gasteiger partial charge in [0.1, 0.15) is 11.5 Å². The number of sulfone groups is 1. The molecule has 37 heavy (non-hydrogen) atoms. The van der Waals surface area contributed by atoms with E-state index in [2.05, 4.69) is 5.10 Å². The predicted octanol–water partition coefficient (Wildman–Crippen LogP) is 4.16. The van der Waals surface area contributed by atoms with E-state index in [1.807, 2.05) is 0 Å². The number of rotatable bonds is 8. The highest BCUT2D eigenvalue weighted by atomic mass is 32.2. The van der Waals surface area contributed by atoms with Gasteiger partial charge in [-0.2, -0.15) is 9.78 Å². The highest BCUT2D eigenvalue weighted by Gasteiger charge is 2.32. The molecule has 0 fully saturated rings. The summed E-state index contributed by atoms with van der Waals surface area (Å²) < 4.78 is 44.6. The van der Waals surface area contributed by atoms with Crippen LogP contribution in [0.2, 0.25) is 0 Å². The van der Waals surface area contributed by atoms with E-state index in [0.29, 0.717) is 17.2 Å². The van der Waals surface area contributed by atoms with Crippen LogP contribution in [0.25, 0.3) is 5.69 Å². The molecule has 0 aliphatic rings. The minimum Gasteiger partial charge on any atom is -0.497 e. The minimum atomic E-state index is -4.32. The standard InChI is InChI=1S/C25H21N3O8S/c1-16-23(37(32,33)22-11-9-19(10-12-22)28(30)31)24(27(26-16)18-7-5-4-6-8-18)36-25(29)17-13-20(34-2)15-21(14-17)35-3/h4-15H,1-3H3. The fourth-order valence-electron chi connectivity index (χ4n) is 3.57. The van der Waals surface area contributed by atoms with Gasteiger partial charge in [-0.3, -0.25) is 10.1 Å². The number of carbonyl (C=O) groups excluding carboxylic acids is 1. The number of non-ortho nitro benzene ring substituents is 1. The molecule has 0 amide bonds. The van der Waals surface area contributed by atoms with Crippen molar-refractivity contribution in [3.8, 4) is 23.1 Å². The van der Waals surface area contributed by atoms with Gasteiger partial charge in [-0.1, -0.05) is 18.2 Å². The molecule has 11 nitrogen and oxygen atoms in total. The van der Waals surface area contributed by atoms with E-state index in [1.54, 1.807) is 36.4 Å². The molecule has 4 aromatic rings. The Hall–Kier alpha value is -4.71. The van der Waals surface area contributed by atoms with Crippen LogP contribution in [-0.2, 0) is 9.84 Å². The molecule has 1 aromatic heterocycles. The van der Waals surface area contributed by atoms with Crippen LogP contribution in [0.3, 0.4) is 0 Å². The molecule has 1 heterocycles. The number of carbonyl (C=O) groups is 1. The molecule has 0 N–H and O–H groups in total. The zero-order valence-corrected chi connectivity index (χ0v) is 20.8. The lowest BCUT2D eigenvalue weighted by Gasteiger charge is -2.12. The molecule has 3 aromatic carbocycles. The molecule has 0 unspecified atom stereocenters. The number of nitro benzene ring substituents is 1. The van der Waals surface area contributed by atoms with Crippen LogP contribution in [0.5, 0.6) is 17.4 Å². The summed E-state index contributed by atoms with van der Waals surface area (Å²) in [6.07, 6.45) is 0. The number of hydrogen-bond acceptors (Lipinski definition) is 9. The van der Waals surface area contributed by atoms with Crippen molar-refractivity contribution in [3.05, 3.63) is 94.2 Å². The Morgan fingerprint density at radius 2 is 1.54 bits per heavy atom. The van der Waals surface area contributed by atoms with Gasteiger partial charge in [-0.25, -0.2) is 13.2 Å². The van der Waals surface area contributed by atoms with Gasteiger partial charge in [-0.15, -0.1) is 0 Å². The van der Waals surface area contributed by atoms with Crippen molar-refractivity contribution in [2.75, 3.05) is 14.2 Å². The molecular weight excluding hydrogens is 502 g/mol. The lowest BCUT2D eigenvalue weighted by atomic mass is 10.2. The van der Waals surface area contributed by atoms with E-state index in [-0.39, 0.29) is 32.6 Å². The first-order valence-electron chi connectivity index (χ1n) is 10.8. The minimum absolute atomic E-state index is 0.0494. The van der Waals surface area contributed by atoms with Crippen molar-refractivity contribution < 1.29 is 32.3 Å². The highest BCUT2D eigenvalue weighted by Crippen LogP contribution is 2.36. The smallest absolute Gasteiger partial charge is 0.345 e. The number of methoxy groups -OCH3 is 2. The van der Waals surface area contributed by atoms with Crippen LogP contribution in [0, 0.1) is 17.0 Å². The van der Waals surface area contributed by atoms with Gasteiger partial charge in [0.2, 0.25) is 15.7 Å². The average Bonchev–Trinajstić information content (AvgIpc) is 3.24. The topological polar surface area (TPSA) is 140 Å². The number of para-hydroxylation sites is 1. The Morgan fingerprint density at radius 1 is 0.946 bits per heavy atom. The van der Waals surface area contributed by atoms with Gasteiger partial charge < -0.3 is 14.2 Å². The molecule has 0 aliphatic heterocycles. The second-order valence-electron chi connectivity index (χ2n) is 7.71. The van der Waals surface area contributed by atoms with Crippen molar-refractivity contribution in [1.82, 2.24) is 9.78 Å². The molecule has 0 saturated heterocycles. The maximum absolute atomic E-state index is 13.7. The van der Waals surface area contributed by atoms with Crippen LogP contribution in [0.15, 0.2) is 82.6 Å². The summed E-state index contributed by atoms with van der Waals surface area (Å²) in [5, 5.41) is 15.4. The van der Waals surface area contributed by atoms with Gasteiger partial charge in [-0.05, 0) is 43.3 Å². The molecule has 12 heteroatoms. The summed E-state index contributed by atoms with van der Waals surface area (Å²) in [6.45, 7) is 1.46. The number of aryl methyl sites for hydroxylation is 1. The second kappa shape index (κ2) is 10.1. The number of ether oxygens (including phenoxy) is 3. The summed E-state index contributed by atoms with van der Waals surface area (Å²) in [7, 11) is -1.47. The molecule has 0 atom stereocenters. The van der Waals surface area contributed by atoms with E-state index in [9.17, 15) is 23.3 Å². The molecule has 0 saturated carbocycles. The van der Waals surface area contributed by atoms with Crippen LogP contribution in [0.4, 0.5) is 5.69 Å². The van der Waals surface area contributed by atoms with Crippen LogP contribution in [-0.4, -0.2) is 43.3 Å². The first-order valence-corrected chi connectivity index (χ1v) is 12.2. The number of nitrogens with zero attached hydrogens (tertiary/aromatic N) is 3. The fourth-order valence-corrected chi connectivity index (χ4v) is 5.09. The summed E-state index contributed by atoms with van der Waals surface area (Å²) in [5.74, 6) is -0.557. The van der Waals surface area contributed by atoms with E-state index in [0.717, 1.165) is 24.3 Å². The number of esters is 1. The van der Waals surface area contributed by atoms with E-state index in [4.69, 9.17) is 14.2 Å². The number of hydrogen-bond donors (Lipinski definition) is 0. The summed E-state index contributed by atoms with van der Waals surface area (Å²) in [5.41, 5.74) is 0.289. The van der Waals surface area contributed by atoms with Crippen molar-refractivity contribution in [2.45, 2.75) is 16.7 Å². The largest absolute Gasteiger partial charge is 0.497 e. The Labute approximate surface area is 211 Å². The number of nitro groups is 1. The lowest BCUT2D eigenvalue weighted by Crippen LogP contribution is -2.14. The van der Waals surface area contributed by atoms with Crippen molar-refractivity contribution >= 4 is 21.5 Å². The molecular formula is C25H21N3O8S. The average molecular weight is 524 g/mol. The Morgan fingerprint density at radius 3 is 2.08 bits per heavy atom. The number of aromatic nitrogens is 2. The SMILES string of the molecule is COc1cc(OC)cc(C(=O)Oc2c(S(=O)(=O)c3ccc([N+](=O)[O-])cc3)c(C)nn2-c2ccccc2)c1. The molecule has 190 valence electrons. The molecule has 0 aliphatic carbocycles. The Balaban J connectivity index is 1.87. The normalized spacial score (nSPS) is 11.1. The third-order valence-electron chi connectivity index (χ3n) is 5.37. The molecule has 0 bridgehead atoms. The van der Waals surface area contributed by atoms with Gasteiger partial charge in [0.25, 0.3) is 5.69 Å². The predicted molar refractivity (Wildman–Crippen MR) is 131 cm³/mol. The summed E-state index contributed by atoms with van der Waals surface area (Å²) in [4.78, 5) is 23.0. The molecule has 0 radical (unpaired) electrons. The quantitative estimate of drug-likeness (QED) is 0.189. The fraction of sp³-hybridized carbons (Fsp3) is 0.120. The molecule has 4 rings (SSSR count). The van der Waals surface area contributed by atoms with E-state index in [1.165, 1.54) is 38.0 Å². The van der Waals surface area contributed by atoms with Gasteiger partial charge in [0.15, 0.2) is 4.90 Å². The summed E-state index contributed by atoms with van der Waals surface area (Å²) >= 11 is 0. The zero-order chi connectivity index (χ0) is 26.7. The third-order valence-corrected chi connectivity index (χ3v) is 7.27. The van der Waals surface area contributed by atoms with Crippen LogP contribution >= 0.6 is 0 Å². The first-order chi connectivity index (χ1) is 17.6. The van der Waals surface area contributed by atoms with Crippen molar-refractivity contribution in [3.63, 3.8) is 0 Å².